The van der Waals surface area contributed by atoms with E-state index in [1.807, 2.05) is 84.7 Å². The Labute approximate surface area is 195 Å². The molecule has 2 aliphatic heterocycles. The van der Waals surface area contributed by atoms with E-state index < -0.39 is 11.0 Å². The first-order valence-electron chi connectivity index (χ1n) is 9.97. The minimum absolute atomic E-state index is 0.220. The Hall–Kier alpha value is -3.29. The summed E-state index contributed by atoms with van der Waals surface area (Å²) in [5.41, 5.74) is 4.30. The van der Waals surface area contributed by atoms with E-state index in [-0.39, 0.29) is 5.04 Å². The molecule has 8 heteroatoms. The third kappa shape index (κ3) is 3.08. The maximum absolute atomic E-state index is 12.6. The van der Waals surface area contributed by atoms with Crippen LogP contribution in [-0.4, -0.2) is 23.8 Å². The fourth-order valence-electron chi connectivity index (χ4n) is 3.94. The predicted molar refractivity (Wildman–Crippen MR) is 130 cm³/mol. The molecule has 1 atom stereocenters. The molecule has 0 aliphatic carbocycles. The number of thioether (sulfide) groups is 1. The highest BCUT2D eigenvalue weighted by molar-refractivity contribution is 8.16. The van der Waals surface area contributed by atoms with Gasteiger partial charge in [0.1, 0.15) is 0 Å². The van der Waals surface area contributed by atoms with E-state index in [0.29, 0.717) is 10.7 Å². The zero-order valence-electron chi connectivity index (χ0n) is 17.4. The third-order valence-electron chi connectivity index (χ3n) is 5.36. The van der Waals surface area contributed by atoms with Crippen LogP contribution in [0.1, 0.15) is 18.1 Å². The SMILES string of the molecule is COC(=O)C1=NN(c2ccccc2Cl)C2(S1)c1ccccc1C(C)=NN2c1ccccc1. The van der Waals surface area contributed by atoms with Crippen molar-refractivity contribution in [3.8, 4) is 0 Å². The lowest BCUT2D eigenvalue weighted by Gasteiger charge is -2.46. The number of fused-ring (bicyclic) bond motifs is 2. The number of nitrogens with zero attached hydrogens (tertiary/aromatic N) is 4. The lowest BCUT2D eigenvalue weighted by molar-refractivity contribution is -0.132. The number of methoxy groups -OCH3 is 1. The summed E-state index contributed by atoms with van der Waals surface area (Å²) < 4.78 is 5.03. The Morgan fingerprint density at radius 2 is 1.62 bits per heavy atom. The Balaban J connectivity index is 1.83. The predicted octanol–water partition coefficient (Wildman–Crippen LogP) is 5.43. The van der Waals surface area contributed by atoms with Gasteiger partial charge in [-0.25, -0.2) is 14.8 Å². The summed E-state index contributed by atoms with van der Waals surface area (Å²) in [6.07, 6.45) is 0. The number of hydrogen-bond acceptors (Lipinski definition) is 7. The van der Waals surface area contributed by atoms with Crippen LogP contribution in [0.5, 0.6) is 0 Å². The monoisotopic (exact) mass is 462 g/mol. The number of esters is 1. The molecule has 1 spiro atoms. The smallest absolute Gasteiger partial charge is 0.365 e. The Morgan fingerprint density at radius 1 is 0.938 bits per heavy atom. The second-order valence-corrected chi connectivity index (χ2v) is 8.82. The van der Waals surface area contributed by atoms with Crippen molar-refractivity contribution in [1.82, 2.24) is 0 Å². The number of ether oxygens (including phenoxy) is 1. The van der Waals surface area contributed by atoms with Gasteiger partial charge in [-0.2, -0.15) is 10.2 Å². The number of hydrazone groups is 2. The normalized spacial score (nSPS) is 19.5. The molecule has 1 unspecified atom stereocenters. The average Bonchev–Trinajstić information content (AvgIpc) is 3.23. The van der Waals surface area contributed by atoms with Crippen LogP contribution < -0.4 is 10.0 Å². The van der Waals surface area contributed by atoms with Gasteiger partial charge >= 0.3 is 5.97 Å². The molecule has 0 radical (unpaired) electrons. The molecule has 160 valence electrons. The van der Waals surface area contributed by atoms with E-state index in [2.05, 4.69) is 0 Å². The second-order valence-electron chi connectivity index (χ2n) is 7.25. The van der Waals surface area contributed by atoms with E-state index in [0.717, 1.165) is 22.5 Å². The van der Waals surface area contributed by atoms with Gasteiger partial charge in [-0.3, -0.25) is 0 Å². The van der Waals surface area contributed by atoms with Gasteiger partial charge in [0.25, 0.3) is 0 Å². The zero-order valence-corrected chi connectivity index (χ0v) is 19.0. The van der Waals surface area contributed by atoms with Crippen molar-refractivity contribution in [2.75, 3.05) is 17.1 Å². The minimum atomic E-state index is -1.02. The molecule has 5 rings (SSSR count). The van der Waals surface area contributed by atoms with Crippen LogP contribution in [0.15, 0.2) is 89.1 Å². The van der Waals surface area contributed by atoms with Crippen LogP contribution in [0.3, 0.4) is 0 Å². The number of halogens is 1. The van der Waals surface area contributed by atoms with E-state index in [9.17, 15) is 4.79 Å². The summed E-state index contributed by atoms with van der Waals surface area (Å²) in [4.78, 5) is 11.6. The quantitative estimate of drug-likeness (QED) is 0.485. The lowest BCUT2D eigenvalue weighted by Crippen LogP contribution is -2.53. The van der Waals surface area contributed by atoms with E-state index >= 15 is 0 Å². The first-order valence-corrected chi connectivity index (χ1v) is 11.2. The molecule has 32 heavy (non-hydrogen) atoms. The molecule has 0 aromatic heterocycles. The lowest BCUT2D eigenvalue weighted by atomic mass is 9.98. The number of carbonyl (C=O) groups excluding carboxylic acids is 1. The van der Waals surface area contributed by atoms with Crippen LogP contribution in [0, 0.1) is 0 Å². The molecular weight excluding hydrogens is 444 g/mol. The number of carbonyl (C=O) groups is 1. The van der Waals surface area contributed by atoms with Crippen LogP contribution in [0.25, 0.3) is 0 Å². The number of benzene rings is 3. The van der Waals surface area contributed by atoms with Crippen molar-refractivity contribution in [1.29, 1.82) is 0 Å². The number of hydrogen-bond donors (Lipinski definition) is 0. The fraction of sp³-hybridized carbons (Fsp3) is 0.125. The van der Waals surface area contributed by atoms with Gasteiger partial charge in [-0.1, -0.05) is 66.2 Å². The molecule has 0 saturated heterocycles. The van der Waals surface area contributed by atoms with Crippen LogP contribution in [0.4, 0.5) is 11.4 Å². The van der Waals surface area contributed by atoms with E-state index in [1.54, 1.807) is 11.1 Å². The molecule has 0 saturated carbocycles. The van der Waals surface area contributed by atoms with Gasteiger partial charge in [0.05, 0.1) is 29.2 Å². The van der Waals surface area contributed by atoms with Gasteiger partial charge < -0.3 is 4.74 Å². The van der Waals surface area contributed by atoms with Crippen molar-refractivity contribution in [2.24, 2.45) is 10.2 Å². The molecule has 2 aliphatic rings. The topological polar surface area (TPSA) is 57.5 Å². The minimum Gasteiger partial charge on any atom is -0.464 e. The van der Waals surface area contributed by atoms with Gasteiger partial charge in [0.15, 0.2) is 0 Å². The van der Waals surface area contributed by atoms with Gasteiger partial charge in [-0.05, 0) is 43.0 Å². The highest BCUT2D eigenvalue weighted by Crippen LogP contribution is 2.55. The van der Waals surface area contributed by atoms with E-state index in [4.69, 9.17) is 26.5 Å². The highest BCUT2D eigenvalue weighted by atomic mass is 35.5. The molecule has 0 amide bonds. The van der Waals surface area contributed by atoms with Crippen molar-refractivity contribution in [3.63, 3.8) is 0 Å². The summed E-state index contributed by atoms with van der Waals surface area (Å²) in [7, 11) is 1.35. The largest absolute Gasteiger partial charge is 0.464 e. The maximum atomic E-state index is 12.6. The third-order valence-corrected chi connectivity index (χ3v) is 6.97. The maximum Gasteiger partial charge on any atom is 0.365 e. The summed E-state index contributed by atoms with van der Waals surface area (Å²) in [5.74, 6) is -0.513. The van der Waals surface area contributed by atoms with Crippen LogP contribution in [-0.2, 0) is 14.5 Å². The Morgan fingerprint density at radius 3 is 2.38 bits per heavy atom. The summed E-state index contributed by atoms with van der Waals surface area (Å²) in [5, 5.41) is 14.1. The first kappa shape index (κ1) is 20.6. The Kier molecular flexibility index (Phi) is 5.15. The standard InChI is InChI=1S/C24H19ClN4O2S/c1-16-18-12-6-7-13-19(18)24(28(26-16)17-10-4-3-5-11-17)29(21-15-9-8-14-20(21)25)27-22(32-24)23(30)31-2/h3-15H,1-2H3. The zero-order chi connectivity index (χ0) is 22.3. The number of rotatable bonds is 3. The van der Waals surface area contributed by atoms with Crippen molar-refractivity contribution >= 4 is 51.5 Å². The summed E-state index contributed by atoms with van der Waals surface area (Å²) in [6, 6.07) is 25.3. The number of anilines is 2. The van der Waals surface area contributed by atoms with Crippen LogP contribution in [0.2, 0.25) is 5.02 Å². The summed E-state index contributed by atoms with van der Waals surface area (Å²) in [6.45, 7) is 1.98. The second kappa shape index (κ2) is 8.00. The van der Waals surface area contributed by atoms with Gasteiger partial charge in [0.2, 0.25) is 10.0 Å². The molecule has 0 bridgehead atoms. The van der Waals surface area contributed by atoms with Gasteiger partial charge in [-0.15, -0.1) is 0 Å². The average molecular weight is 463 g/mol. The van der Waals surface area contributed by atoms with Gasteiger partial charge in [0, 0.05) is 11.1 Å². The molecule has 2 heterocycles. The molecule has 6 nitrogen and oxygen atoms in total. The molecular formula is C24H19ClN4O2S. The molecule has 0 fully saturated rings. The van der Waals surface area contributed by atoms with Crippen molar-refractivity contribution in [2.45, 2.75) is 11.9 Å². The first-order chi connectivity index (χ1) is 15.6. The highest BCUT2D eigenvalue weighted by Gasteiger charge is 2.56. The molecule has 3 aromatic rings. The Bertz CT molecular complexity index is 1260. The van der Waals surface area contributed by atoms with E-state index in [1.165, 1.54) is 18.9 Å². The fourth-order valence-corrected chi connectivity index (χ4v) is 5.46. The van der Waals surface area contributed by atoms with Crippen LogP contribution >= 0.6 is 23.4 Å². The molecule has 3 aromatic carbocycles. The summed E-state index contributed by atoms with van der Waals surface area (Å²) >= 11 is 7.91. The van der Waals surface area contributed by atoms with Crippen molar-refractivity contribution in [3.05, 3.63) is 95.0 Å². The molecule has 0 N–H and O–H groups in total. The van der Waals surface area contributed by atoms with Crippen molar-refractivity contribution < 1.29 is 9.53 Å². The number of para-hydroxylation sites is 2.